The van der Waals surface area contributed by atoms with Gasteiger partial charge in [-0.05, 0) is 49.3 Å². The van der Waals surface area contributed by atoms with Crippen molar-refractivity contribution in [1.29, 1.82) is 0 Å². The molecule has 3 heteroatoms. The molecular formula is C18H25N3. The highest BCUT2D eigenvalue weighted by atomic mass is 15.1. The number of hydrogen-bond donors (Lipinski definition) is 1. The summed E-state index contributed by atoms with van der Waals surface area (Å²) in [6, 6.07) is 9.37. The van der Waals surface area contributed by atoms with Gasteiger partial charge in [-0.15, -0.1) is 0 Å². The van der Waals surface area contributed by atoms with Crippen molar-refractivity contribution in [1.82, 2.24) is 14.9 Å². The molecule has 1 N–H and O–H groups in total. The predicted octanol–water partition coefficient (Wildman–Crippen LogP) is 3.58. The molecule has 112 valence electrons. The molecule has 0 bridgehead atoms. The molecule has 0 saturated carbocycles. The van der Waals surface area contributed by atoms with Gasteiger partial charge in [0.2, 0.25) is 0 Å². The molecule has 1 aliphatic carbocycles. The van der Waals surface area contributed by atoms with Gasteiger partial charge in [0, 0.05) is 19.3 Å². The summed E-state index contributed by atoms with van der Waals surface area (Å²) >= 11 is 0. The van der Waals surface area contributed by atoms with E-state index in [0.717, 1.165) is 13.0 Å². The first kappa shape index (κ1) is 14.3. The Labute approximate surface area is 127 Å². The molecule has 0 aliphatic heterocycles. The Bertz CT molecular complexity index is 588. The quantitative estimate of drug-likeness (QED) is 0.909. The molecular weight excluding hydrogens is 258 g/mol. The van der Waals surface area contributed by atoms with Crippen LogP contribution in [0.1, 0.15) is 55.0 Å². The summed E-state index contributed by atoms with van der Waals surface area (Å²) in [4.78, 5) is 4.29. The Morgan fingerprint density at radius 3 is 3.00 bits per heavy atom. The summed E-state index contributed by atoms with van der Waals surface area (Å²) in [5, 5.41) is 3.64. The molecule has 0 spiro atoms. The largest absolute Gasteiger partial charge is 0.336 e. The van der Waals surface area contributed by atoms with E-state index in [0.29, 0.717) is 12.0 Å². The molecule has 3 rings (SSSR count). The standard InChI is InChI=1S/C18H25N3/c1-3-20-17(18-12-19-13-21(18)2)11-15-9-6-8-14-7-4-5-10-16(14)15/h4-5,7,10,12-13,15,17,20H,3,6,8-9,11H2,1-2H3. The first-order chi connectivity index (χ1) is 10.3. The smallest absolute Gasteiger partial charge is 0.0946 e. The van der Waals surface area contributed by atoms with Gasteiger partial charge in [0.15, 0.2) is 0 Å². The van der Waals surface area contributed by atoms with Gasteiger partial charge < -0.3 is 9.88 Å². The van der Waals surface area contributed by atoms with Crippen molar-refractivity contribution in [3.8, 4) is 0 Å². The van der Waals surface area contributed by atoms with Crippen molar-refractivity contribution in [2.75, 3.05) is 6.54 Å². The van der Waals surface area contributed by atoms with Crippen molar-refractivity contribution < 1.29 is 0 Å². The van der Waals surface area contributed by atoms with E-state index in [-0.39, 0.29) is 0 Å². The zero-order chi connectivity index (χ0) is 14.7. The molecule has 2 atom stereocenters. The minimum absolute atomic E-state index is 0.388. The third-order valence-corrected chi connectivity index (χ3v) is 4.68. The van der Waals surface area contributed by atoms with Crippen LogP contribution in [-0.2, 0) is 13.5 Å². The molecule has 0 amide bonds. The van der Waals surface area contributed by atoms with Crippen LogP contribution in [0.15, 0.2) is 36.8 Å². The molecule has 0 saturated heterocycles. The fourth-order valence-electron chi connectivity index (χ4n) is 3.64. The first-order valence-electron chi connectivity index (χ1n) is 8.07. The molecule has 3 nitrogen and oxygen atoms in total. The number of benzene rings is 1. The fourth-order valence-corrected chi connectivity index (χ4v) is 3.64. The molecule has 21 heavy (non-hydrogen) atoms. The summed E-state index contributed by atoms with van der Waals surface area (Å²) in [6.45, 7) is 3.17. The maximum atomic E-state index is 4.29. The van der Waals surface area contributed by atoms with E-state index in [9.17, 15) is 0 Å². The number of fused-ring (bicyclic) bond motifs is 1. The van der Waals surface area contributed by atoms with Gasteiger partial charge in [-0.3, -0.25) is 0 Å². The molecule has 0 radical (unpaired) electrons. The molecule has 1 aromatic heterocycles. The summed E-state index contributed by atoms with van der Waals surface area (Å²) in [7, 11) is 2.08. The van der Waals surface area contributed by atoms with Crippen molar-refractivity contribution >= 4 is 0 Å². The zero-order valence-electron chi connectivity index (χ0n) is 13.0. The second-order valence-electron chi connectivity index (χ2n) is 6.06. The van der Waals surface area contributed by atoms with Crippen LogP contribution >= 0.6 is 0 Å². The Kier molecular flexibility index (Phi) is 4.39. The lowest BCUT2D eigenvalue weighted by molar-refractivity contribution is 0.413. The highest BCUT2D eigenvalue weighted by molar-refractivity contribution is 5.33. The third kappa shape index (κ3) is 3.03. The number of aryl methyl sites for hydroxylation is 2. The first-order valence-corrected chi connectivity index (χ1v) is 8.07. The van der Waals surface area contributed by atoms with Crippen molar-refractivity contribution in [3.63, 3.8) is 0 Å². The number of nitrogens with one attached hydrogen (secondary N) is 1. The monoisotopic (exact) mass is 283 g/mol. The van der Waals surface area contributed by atoms with Gasteiger partial charge in [0.1, 0.15) is 0 Å². The van der Waals surface area contributed by atoms with Crippen LogP contribution in [0.25, 0.3) is 0 Å². The summed E-state index contributed by atoms with van der Waals surface area (Å²) < 4.78 is 2.14. The second-order valence-corrected chi connectivity index (χ2v) is 6.06. The van der Waals surface area contributed by atoms with E-state index in [4.69, 9.17) is 0 Å². The van der Waals surface area contributed by atoms with Crippen LogP contribution in [0.4, 0.5) is 0 Å². The molecule has 1 heterocycles. The predicted molar refractivity (Wildman–Crippen MR) is 86.4 cm³/mol. The van der Waals surface area contributed by atoms with Crippen molar-refractivity contribution in [3.05, 3.63) is 53.6 Å². The van der Waals surface area contributed by atoms with Gasteiger partial charge in [-0.2, -0.15) is 0 Å². The summed E-state index contributed by atoms with van der Waals surface area (Å²) in [5.41, 5.74) is 4.41. The lowest BCUT2D eigenvalue weighted by Crippen LogP contribution is -2.26. The van der Waals surface area contributed by atoms with Crippen LogP contribution in [0.2, 0.25) is 0 Å². The van der Waals surface area contributed by atoms with Crippen LogP contribution in [0.3, 0.4) is 0 Å². The fraction of sp³-hybridized carbons (Fsp3) is 0.500. The maximum absolute atomic E-state index is 4.29. The molecule has 2 unspecified atom stereocenters. The zero-order valence-corrected chi connectivity index (χ0v) is 13.0. The minimum atomic E-state index is 0.388. The second kappa shape index (κ2) is 6.44. The topological polar surface area (TPSA) is 29.9 Å². The molecule has 0 fully saturated rings. The van der Waals surface area contributed by atoms with Crippen LogP contribution in [0, 0.1) is 0 Å². The lowest BCUT2D eigenvalue weighted by Gasteiger charge is -2.29. The van der Waals surface area contributed by atoms with Gasteiger partial charge in [0.05, 0.1) is 12.0 Å². The van der Waals surface area contributed by atoms with Crippen molar-refractivity contribution in [2.24, 2.45) is 7.05 Å². The number of aromatic nitrogens is 2. The molecule has 1 aliphatic rings. The van der Waals surface area contributed by atoms with Crippen LogP contribution in [0.5, 0.6) is 0 Å². The normalized spacial score (nSPS) is 19.2. The van der Waals surface area contributed by atoms with Crippen LogP contribution in [-0.4, -0.2) is 16.1 Å². The van der Waals surface area contributed by atoms with E-state index in [2.05, 4.69) is 53.1 Å². The Morgan fingerprint density at radius 1 is 1.38 bits per heavy atom. The van der Waals surface area contributed by atoms with E-state index < -0.39 is 0 Å². The summed E-state index contributed by atoms with van der Waals surface area (Å²) in [5.74, 6) is 0.661. The number of imidazole rings is 1. The summed E-state index contributed by atoms with van der Waals surface area (Å²) in [6.07, 6.45) is 8.91. The van der Waals surface area contributed by atoms with Crippen LogP contribution < -0.4 is 5.32 Å². The SMILES string of the molecule is CCNC(CC1CCCc2ccccc21)c1cncn1C. The lowest BCUT2D eigenvalue weighted by atomic mass is 9.79. The highest BCUT2D eigenvalue weighted by Crippen LogP contribution is 2.37. The highest BCUT2D eigenvalue weighted by Gasteiger charge is 2.24. The van der Waals surface area contributed by atoms with E-state index in [1.165, 1.54) is 25.0 Å². The Morgan fingerprint density at radius 2 is 2.24 bits per heavy atom. The average molecular weight is 283 g/mol. The Hall–Kier alpha value is -1.61. The van der Waals surface area contributed by atoms with Gasteiger partial charge in [-0.25, -0.2) is 4.98 Å². The molecule has 2 aromatic rings. The number of rotatable bonds is 5. The Balaban J connectivity index is 1.83. The van der Waals surface area contributed by atoms with E-state index in [1.807, 2.05) is 12.5 Å². The minimum Gasteiger partial charge on any atom is -0.336 e. The van der Waals surface area contributed by atoms with Gasteiger partial charge in [0.25, 0.3) is 0 Å². The van der Waals surface area contributed by atoms with Gasteiger partial charge in [-0.1, -0.05) is 31.2 Å². The van der Waals surface area contributed by atoms with Crippen molar-refractivity contribution in [2.45, 2.75) is 44.6 Å². The third-order valence-electron chi connectivity index (χ3n) is 4.68. The number of nitrogens with zero attached hydrogens (tertiary/aromatic N) is 2. The van der Waals surface area contributed by atoms with E-state index >= 15 is 0 Å². The maximum Gasteiger partial charge on any atom is 0.0946 e. The number of hydrogen-bond acceptors (Lipinski definition) is 2. The van der Waals surface area contributed by atoms with Gasteiger partial charge >= 0.3 is 0 Å². The van der Waals surface area contributed by atoms with E-state index in [1.54, 1.807) is 11.1 Å². The average Bonchev–Trinajstić information content (AvgIpc) is 2.93. The molecule has 1 aromatic carbocycles.